The molecule has 2 aromatic rings. The molecule has 0 radical (unpaired) electrons. The molecule has 0 saturated heterocycles. The predicted molar refractivity (Wildman–Crippen MR) is 62.3 cm³/mol. The van der Waals surface area contributed by atoms with Gasteiger partial charge in [0.15, 0.2) is 0 Å². The van der Waals surface area contributed by atoms with Crippen molar-refractivity contribution < 1.29 is 5.11 Å². The molecule has 0 aliphatic carbocycles. The number of halogens is 2. The van der Waals surface area contributed by atoms with Crippen LogP contribution in [0.2, 0.25) is 10.0 Å². The van der Waals surface area contributed by atoms with Crippen LogP contribution in [0.3, 0.4) is 0 Å². The molecule has 1 aromatic carbocycles. The second-order valence-electron chi connectivity index (χ2n) is 3.33. The first-order valence-corrected chi connectivity index (χ1v) is 5.26. The third-order valence-electron chi connectivity index (χ3n) is 2.15. The average Bonchev–Trinajstić information content (AvgIpc) is 2.51. The van der Waals surface area contributed by atoms with Crippen LogP contribution < -0.4 is 5.69 Å². The summed E-state index contributed by atoms with van der Waals surface area (Å²) in [4.78, 5) is 15.6. The number of benzene rings is 1. The van der Waals surface area contributed by atoms with Crippen molar-refractivity contribution in [2.45, 2.75) is 6.42 Å². The SMILES string of the molecule is O=c1[nH]c(O)c(Cc2ccc(Cl)c(Cl)c2)[nH]1. The van der Waals surface area contributed by atoms with E-state index in [2.05, 4.69) is 9.97 Å². The largest absolute Gasteiger partial charge is 0.493 e. The van der Waals surface area contributed by atoms with Crippen molar-refractivity contribution in [1.82, 2.24) is 9.97 Å². The summed E-state index contributed by atoms with van der Waals surface area (Å²) in [6.07, 6.45) is 0.376. The van der Waals surface area contributed by atoms with Crippen LogP contribution in [0.15, 0.2) is 23.0 Å². The van der Waals surface area contributed by atoms with Crippen molar-refractivity contribution in [2.24, 2.45) is 0 Å². The zero-order chi connectivity index (χ0) is 11.7. The number of H-pyrrole nitrogens is 2. The van der Waals surface area contributed by atoms with E-state index in [4.69, 9.17) is 23.2 Å². The molecule has 1 aromatic heterocycles. The summed E-state index contributed by atoms with van der Waals surface area (Å²) in [5.74, 6) is -0.156. The van der Waals surface area contributed by atoms with Crippen LogP contribution in [0.5, 0.6) is 5.88 Å². The third-order valence-corrected chi connectivity index (χ3v) is 2.89. The minimum absolute atomic E-state index is 0.156. The molecular formula is C10H8Cl2N2O2. The first-order chi connectivity index (χ1) is 7.56. The molecule has 1 heterocycles. The molecule has 0 unspecified atom stereocenters. The van der Waals surface area contributed by atoms with E-state index in [1.165, 1.54) is 0 Å². The Labute approximate surface area is 101 Å². The van der Waals surface area contributed by atoms with Crippen LogP contribution in [0, 0.1) is 0 Å². The standard InChI is InChI=1S/C10H8Cl2N2O2/c11-6-2-1-5(3-7(6)12)4-8-9(15)14-10(16)13-8/h1-3,15H,4H2,(H2,13,14,16). The quantitative estimate of drug-likeness (QED) is 0.774. The molecule has 2 rings (SSSR count). The Morgan fingerprint density at radius 2 is 1.94 bits per heavy atom. The van der Waals surface area contributed by atoms with Crippen molar-refractivity contribution in [2.75, 3.05) is 0 Å². The Morgan fingerprint density at radius 1 is 1.19 bits per heavy atom. The Kier molecular flexibility index (Phi) is 2.94. The van der Waals surface area contributed by atoms with Gasteiger partial charge in [0.2, 0.25) is 5.88 Å². The van der Waals surface area contributed by atoms with Crippen molar-refractivity contribution in [3.63, 3.8) is 0 Å². The second kappa shape index (κ2) is 4.23. The Bertz CT molecular complexity index is 574. The van der Waals surface area contributed by atoms with E-state index >= 15 is 0 Å². The van der Waals surface area contributed by atoms with Gasteiger partial charge in [-0.25, -0.2) is 4.79 Å². The summed E-state index contributed by atoms with van der Waals surface area (Å²) in [6.45, 7) is 0. The fraction of sp³-hybridized carbons (Fsp3) is 0.100. The van der Waals surface area contributed by atoms with Crippen molar-refractivity contribution in [3.05, 3.63) is 50.0 Å². The van der Waals surface area contributed by atoms with Crippen LogP contribution in [0.1, 0.15) is 11.3 Å². The van der Waals surface area contributed by atoms with Crippen molar-refractivity contribution >= 4 is 23.2 Å². The van der Waals surface area contributed by atoms with Crippen molar-refractivity contribution in [3.8, 4) is 5.88 Å². The molecule has 0 saturated carbocycles. The molecule has 0 bridgehead atoms. The highest BCUT2D eigenvalue weighted by atomic mass is 35.5. The maximum atomic E-state index is 10.9. The molecule has 0 spiro atoms. The molecule has 4 nitrogen and oxygen atoms in total. The molecule has 0 aliphatic heterocycles. The van der Waals surface area contributed by atoms with Crippen LogP contribution in [0.4, 0.5) is 0 Å². The highest BCUT2D eigenvalue weighted by Gasteiger charge is 2.07. The number of hydrogen-bond acceptors (Lipinski definition) is 2. The Hall–Kier alpha value is -1.39. The van der Waals surface area contributed by atoms with Gasteiger partial charge in [0, 0.05) is 6.42 Å². The smallest absolute Gasteiger partial charge is 0.325 e. The van der Waals surface area contributed by atoms with Gasteiger partial charge in [0.25, 0.3) is 0 Å². The highest BCUT2D eigenvalue weighted by molar-refractivity contribution is 6.42. The molecule has 0 amide bonds. The van der Waals surface area contributed by atoms with E-state index in [1.807, 2.05) is 0 Å². The number of aromatic hydroxyl groups is 1. The lowest BCUT2D eigenvalue weighted by Gasteiger charge is -2.01. The molecule has 6 heteroatoms. The fourth-order valence-electron chi connectivity index (χ4n) is 1.39. The van der Waals surface area contributed by atoms with Gasteiger partial charge in [-0.15, -0.1) is 0 Å². The monoisotopic (exact) mass is 258 g/mol. The zero-order valence-electron chi connectivity index (χ0n) is 8.05. The molecule has 0 aliphatic rings. The van der Waals surface area contributed by atoms with Gasteiger partial charge in [-0.1, -0.05) is 29.3 Å². The number of aromatic nitrogens is 2. The maximum absolute atomic E-state index is 10.9. The second-order valence-corrected chi connectivity index (χ2v) is 4.15. The summed E-state index contributed by atoms with van der Waals surface area (Å²) < 4.78 is 0. The fourth-order valence-corrected chi connectivity index (χ4v) is 1.71. The van der Waals surface area contributed by atoms with E-state index in [9.17, 15) is 9.90 Å². The lowest BCUT2D eigenvalue weighted by atomic mass is 10.1. The lowest BCUT2D eigenvalue weighted by Crippen LogP contribution is -2.01. The normalized spacial score (nSPS) is 10.6. The van der Waals surface area contributed by atoms with E-state index in [1.54, 1.807) is 18.2 Å². The Morgan fingerprint density at radius 3 is 2.50 bits per heavy atom. The van der Waals surface area contributed by atoms with Crippen LogP contribution >= 0.6 is 23.2 Å². The van der Waals surface area contributed by atoms with Gasteiger partial charge in [-0.05, 0) is 17.7 Å². The van der Waals surface area contributed by atoms with Gasteiger partial charge in [-0.2, -0.15) is 0 Å². The minimum Gasteiger partial charge on any atom is -0.493 e. The first kappa shape index (κ1) is 11.1. The van der Waals surface area contributed by atoms with E-state index in [0.29, 0.717) is 22.2 Å². The van der Waals surface area contributed by atoms with E-state index in [-0.39, 0.29) is 5.88 Å². The molecular weight excluding hydrogens is 251 g/mol. The van der Waals surface area contributed by atoms with Crippen molar-refractivity contribution in [1.29, 1.82) is 0 Å². The van der Waals surface area contributed by atoms with Crippen LogP contribution in [-0.2, 0) is 6.42 Å². The van der Waals surface area contributed by atoms with Gasteiger partial charge in [0.05, 0.1) is 15.7 Å². The molecule has 0 fully saturated rings. The average molecular weight is 259 g/mol. The highest BCUT2D eigenvalue weighted by Crippen LogP contribution is 2.24. The number of imidazole rings is 1. The van der Waals surface area contributed by atoms with Crippen LogP contribution in [-0.4, -0.2) is 15.1 Å². The molecule has 84 valence electrons. The number of hydrogen-bond donors (Lipinski definition) is 3. The van der Waals surface area contributed by atoms with Gasteiger partial charge >= 0.3 is 5.69 Å². The lowest BCUT2D eigenvalue weighted by molar-refractivity contribution is 0.450. The van der Waals surface area contributed by atoms with E-state index < -0.39 is 5.69 Å². The molecule has 0 atom stereocenters. The number of nitrogens with one attached hydrogen (secondary N) is 2. The Balaban J connectivity index is 2.30. The summed E-state index contributed by atoms with van der Waals surface area (Å²) in [5.41, 5.74) is 0.830. The van der Waals surface area contributed by atoms with Crippen LogP contribution in [0.25, 0.3) is 0 Å². The maximum Gasteiger partial charge on any atom is 0.325 e. The van der Waals surface area contributed by atoms with E-state index in [0.717, 1.165) is 5.56 Å². The minimum atomic E-state index is -0.437. The third kappa shape index (κ3) is 2.23. The predicted octanol–water partition coefficient (Wildman–Crippen LogP) is 2.31. The van der Waals surface area contributed by atoms with Gasteiger partial charge < -0.3 is 10.1 Å². The summed E-state index contributed by atoms with van der Waals surface area (Å²) in [7, 11) is 0. The summed E-state index contributed by atoms with van der Waals surface area (Å²) in [5, 5.41) is 10.3. The topological polar surface area (TPSA) is 68.9 Å². The first-order valence-electron chi connectivity index (χ1n) is 4.50. The van der Waals surface area contributed by atoms with Gasteiger partial charge in [0.1, 0.15) is 0 Å². The van der Waals surface area contributed by atoms with Gasteiger partial charge in [-0.3, -0.25) is 4.98 Å². The summed E-state index contributed by atoms with van der Waals surface area (Å²) in [6, 6.07) is 5.13. The number of aromatic amines is 2. The molecule has 16 heavy (non-hydrogen) atoms. The summed E-state index contributed by atoms with van der Waals surface area (Å²) >= 11 is 11.6. The zero-order valence-corrected chi connectivity index (χ0v) is 9.56. The molecule has 3 N–H and O–H groups in total. The number of rotatable bonds is 2.